The first-order chi connectivity index (χ1) is 7.74. The summed E-state index contributed by atoms with van der Waals surface area (Å²) in [4.78, 5) is 0. The summed E-state index contributed by atoms with van der Waals surface area (Å²) in [5.41, 5.74) is 0. The van der Waals surface area contributed by atoms with Crippen LogP contribution in [-0.2, 0) is 4.74 Å². The van der Waals surface area contributed by atoms with Gasteiger partial charge in [0.05, 0.1) is 6.10 Å². The van der Waals surface area contributed by atoms with Crippen molar-refractivity contribution in [1.29, 1.82) is 0 Å². The standard InChI is InChI=1S/C14H29NO/c1-4-9-15-10-14(12(2)3)16-11-13-7-5-6-8-13/h12-15H,4-11H2,1-3H3. The molecule has 0 aromatic carbocycles. The van der Waals surface area contributed by atoms with Gasteiger partial charge in [-0.3, -0.25) is 0 Å². The molecule has 0 radical (unpaired) electrons. The monoisotopic (exact) mass is 227 g/mol. The first-order valence-electron chi connectivity index (χ1n) is 7.06. The topological polar surface area (TPSA) is 21.3 Å². The molecule has 1 rings (SSSR count). The Kier molecular flexibility index (Phi) is 7.06. The zero-order valence-corrected chi connectivity index (χ0v) is 11.3. The second kappa shape index (κ2) is 8.08. The smallest absolute Gasteiger partial charge is 0.0722 e. The zero-order valence-electron chi connectivity index (χ0n) is 11.3. The summed E-state index contributed by atoms with van der Waals surface area (Å²) >= 11 is 0. The van der Waals surface area contributed by atoms with Crippen molar-refractivity contribution in [1.82, 2.24) is 5.32 Å². The second-order valence-electron chi connectivity index (χ2n) is 5.47. The van der Waals surface area contributed by atoms with Gasteiger partial charge in [-0.15, -0.1) is 0 Å². The van der Waals surface area contributed by atoms with E-state index < -0.39 is 0 Å². The van der Waals surface area contributed by atoms with Gasteiger partial charge in [-0.25, -0.2) is 0 Å². The number of hydrogen-bond donors (Lipinski definition) is 1. The summed E-state index contributed by atoms with van der Waals surface area (Å²) < 4.78 is 6.07. The van der Waals surface area contributed by atoms with Gasteiger partial charge in [-0.2, -0.15) is 0 Å². The van der Waals surface area contributed by atoms with E-state index in [4.69, 9.17) is 4.74 Å². The molecule has 2 heteroatoms. The SMILES string of the molecule is CCCNCC(OCC1CCCC1)C(C)C. The quantitative estimate of drug-likeness (QED) is 0.643. The van der Waals surface area contributed by atoms with Crippen molar-refractivity contribution in [3.8, 4) is 0 Å². The number of nitrogens with one attached hydrogen (secondary N) is 1. The van der Waals surface area contributed by atoms with Gasteiger partial charge in [-0.1, -0.05) is 33.6 Å². The molecule has 0 amide bonds. The molecule has 2 nitrogen and oxygen atoms in total. The minimum absolute atomic E-state index is 0.396. The van der Waals surface area contributed by atoms with Crippen LogP contribution < -0.4 is 5.32 Å². The van der Waals surface area contributed by atoms with Crippen LogP contribution in [-0.4, -0.2) is 25.8 Å². The summed E-state index contributed by atoms with van der Waals surface area (Å²) in [7, 11) is 0. The van der Waals surface area contributed by atoms with Gasteiger partial charge in [0.1, 0.15) is 0 Å². The van der Waals surface area contributed by atoms with E-state index in [1.807, 2.05) is 0 Å². The molecule has 16 heavy (non-hydrogen) atoms. The Morgan fingerprint density at radius 3 is 2.50 bits per heavy atom. The van der Waals surface area contributed by atoms with Crippen molar-refractivity contribution in [2.75, 3.05) is 19.7 Å². The summed E-state index contributed by atoms with van der Waals surface area (Å²) in [6.07, 6.45) is 7.18. The molecule has 0 aromatic rings. The van der Waals surface area contributed by atoms with Gasteiger partial charge < -0.3 is 10.1 Å². The number of hydrogen-bond acceptors (Lipinski definition) is 2. The molecule has 0 spiro atoms. The van der Waals surface area contributed by atoms with Crippen molar-refractivity contribution in [3.05, 3.63) is 0 Å². The molecule has 1 atom stereocenters. The summed E-state index contributed by atoms with van der Waals surface area (Å²) in [6.45, 7) is 9.82. The highest BCUT2D eigenvalue weighted by atomic mass is 16.5. The molecule has 0 aromatic heterocycles. The lowest BCUT2D eigenvalue weighted by molar-refractivity contribution is 0.00396. The molecule has 1 aliphatic rings. The van der Waals surface area contributed by atoms with Crippen LogP contribution in [0.25, 0.3) is 0 Å². The molecule has 1 N–H and O–H groups in total. The minimum Gasteiger partial charge on any atom is -0.376 e. The van der Waals surface area contributed by atoms with Gasteiger partial charge in [-0.05, 0) is 37.6 Å². The Balaban J connectivity index is 2.16. The minimum atomic E-state index is 0.396. The van der Waals surface area contributed by atoms with E-state index in [0.29, 0.717) is 12.0 Å². The predicted molar refractivity (Wildman–Crippen MR) is 69.7 cm³/mol. The highest BCUT2D eigenvalue weighted by Crippen LogP contribution is 2.25. The first kappa shape index (κ1) is 14.0. The molecule has 0 saturated heterocycles. The fraction of sp³-hybridized carbons (Fsp3) is 1.00. The van der Waals surface area contributed by atoms with E-state index in [1.54, 1.807) is 0 Å². The summed E-state index contributed by atoms with van der Waals surface area (Å²) in [6, 6.07) is 0. The van der Waals surface area contributed by atoms with Crippen LogP contribution >= 0.6 is 0 Å². The molecule has 1 unspecified atom stereocenters. The molecule has 0 bridgehead atoms. The van der Waals surface area contributed by atoms with Crippen molar-refractivity contribution in [3.63, 3.8) is 0 Å². The van der Waals surface area contributed by atoms with Gasteiger partial charge in [0.2, 0.25) is 0 Å². The van der Waals surface area contributed by atoms with Gasteiger partial charge in [0.25, 0.3) is 0 Å². The van der Waals surface area contributed by atoms with E-state index in [9.17, 15) is 0 Å². The average Bonchev–Trinajstić information content (AvgIpc) is 2.75. The first-order valence-corrected chi connectivity index (χ1v) is 7.06. The Bertz CT molecular complexity index is 164. The van der Waals surface area contributed by atoms with E-state index in [1.165, 1.54) is 32.1 Å². The molecule has 0 heterocycles. The van der Waals surface area contributed by atoms with Crippen LogP contribution in [0, 0.1) is 11.8 Å². The highest BCUT2D eigenvalue weighted by molar-refractivity contribution is 4.70. The Morgan fingerprint density at radius 1 is 1.25 bits per heavy atom. The normalized spacial score (nSPS) is 19.5. The number of ether oxygens (including phenoxy) is 1. The van der Waals surface area contributed by atoms with E-state index in [2.05, 4.69) is 26.1 Å². The molecule has 96 valence electrons. The van der Waals surface area contributed by atoms with Crippen molar-refractivity contribution < 1.29 is 4.74 Å². The van der Waals surface area contributed by atoms with Crippen LogP contribution in [0.3, 0.4) is 0 Å². The molecule has 1 saturated carbocycles. The lowest BCUT2D eigenvalue weighted by atomic mass is 10.1. The van der Waals surface area contributed by atoms with Crippen LogP contribution in [0.2, 0.25) is 0 Å². The van der Waals surface area contributed by atoms with Crippen LogP contribution in [0.4, 0.5) is 0 Å². The van der Waals surface area contributed by atoms with Gasteiger partial charge >= 0.3 is 0 Å². The zero-order chi connectivity index (χ0) is 11.8. The molecular formula is C14H29NO. The van der Waals surface area contributed by atoms with Gasteiger partial charge in [0.15, 0.2) is 0 Å². The average molecular weight is 227 g/mol. The lowest BCUT2D eigenvalue weighted by Gasteiger charge is -2.23. The maximum Gasteiger partial charge on any atom is 0.0722 e. The second-order valence-corrected chi connectivity index (χ2v) is 5.47. The molecule has 1 aliphatic carbocycles. The third-order valence-electron chi connectivity index (χ3n) is 3.54. The van der Waals surface area contributed by atoms with E-state index >= 15 is 0 Å². The third-order valence-corrected chi connectivity index (χ3v) is 3.54. The highest BCUT2D eigenvalue weighted by Gasteiger charge is 2.19. The maximum atomic E-state index is 6.07. The van der Waals surface area contributed by atoms with Crippen molar-refractivity contribution >= 4 is 0 Å². The van der Waals surface area contributed by atoms with Crippen LogP contribution in [0.15, 0.2) is 0 Å². The van der Waals surface area contributed by atoms with Crippen LogP contribution in [0.5, 0.6) is 0 Å². The molecular weight excluding hydrogens is 198 g/mol. The fourth-order valence-corrected chi connectivity index (χ4v) is 2.34. The Morgan fingerprint density at radius 2 is 1.94 bits per heavy atom. The van der Waals surface area contributed by atoms with E-state index in [0.717, 1.165) is 25.6 Å². The largest absolute Gasteiger partial charge is 0.376 e. The van der Waals surface area contributed by atoms with Crippen molar-refractivity contribution in [2.45, 2.75) is 59.0 Å². The summed E-state index contributed by atoms with van der Waals surface area (Å²) in [5.74, 6) is 1.46. The summed E-state index contributed by atoms with van der Waals surface area (Å²) in [5, 5.41) is 3.47. The molecule has 1 fully saturated rings. The lowest BCUT2D eigenvalue weighted by Crippen LogP contribution is -2.34. The Labute approximate surface area is 101 Å². The fourth-order valence-electron chi connectivity index (χ4n) is 2.34. The van der Waals surface area contributed by atoms with Crippen molar-refractivity contribution in [2.24, 2.45) is 11.8 Å². The number of rotatable bonds is 8. The maximum absolute atomic E-state index is 6.07. The third kappa shape index (κ3) is 5.31. The van der Waals surface area contributed by atoms with E-state index in [-0.39, 0.29) is 0 Å². The predicted octanol–water partition coefficient (Wildman–Crippen LogP) is 3.22. The Hall–Kier alpha value is -0.0800. The molecule has 0 aliphatic heterocycles. The van der Waals surface area contributed by atoms with Crippen LogP contribution in [0.1, 0.15) is 52.9 Å². The van der Waals surface area contributed by atoms with Gasteiger partial charge in [0, 0.05) is 13.2 Å².